The average molecular weight is 327 g/mol. The van der Waals surface area contributed by atoms with E-state index < -0.39 is 0 Å². The number of thioether (sulfide) groups is 1. The Kier molecular flexibility index (Phi) is 4.52. The van der Waals surface area contributed by atoms with Gasteiger partial charge in [-0.2, -0.15) is 0 Å². The van der Waals surface area contributed by atoms with Crippen LogP contribution in [0.2, 0.25) is 0 Å². The summed E-state index contributed by atoms with van der Waals surface area (Å²) in [5, 5.41) is 19.5. The van der Waals surface area contributed by atoms with E-state index in [4.69, 9.17) is 4.74 Å². The van der Waals surface area contributed by atoms with Gasteiger partial charge in [-0.3, -0.25) is 4.57 Å². The monoisotopic (exact) mass is 327 g/mol. The molecule has 5 nitrogen and oxygen atoms in total. The van der Waals surface area contributed by atoms with E-state index in [0.29, 0.717) is 11.4 Å². The summed E-state index contributed by atoms with van der Waals surface area (Å²) in [5.74, 6) is 2.35. The first kappa shape index (κ1) is 15.4. The predicted octanol–water partition coefficient (Wildman–Crippen LogP) is 3.76. The molecule has 1 heterocycles. The van der Waals surface area contributed by atoms with Gasteiger partial charge >= 0.3 is 0 Å². The number of para-hydroxylation sites is 3. The van der Waals surface area contributed by atoms with Crippen LogP contribution in [0.15, 0.2) is 53.7 Å². The molecule has 0 aliphatic rings. The van der Waals surface area contributed by atoms with Crippen molar-refractivity contribution >= 4 is 11.8 Å². The van der Waals surface area contributed by atoms with Crippen LogP contribution in [-0.2, 0) is 0 Å². The van der Waals surface area contributed by atoms with Crippen LogP contribution in [0.25, 0.3) is 17.1 Å². The minimum atomic E-state index is 0.170. The van der Waals surface area contributed by atoms with Crippen LogP contribution in [-0.4, -0.2) is 32.7 Å². The van der Waals surface area contributed by atoms with Gasteiger partial charge in [0.1, 0.15) is 11.5 Å². The highest BCUT2D eigenvalue weighted by molar-refractivity contribution is 7.99. The number of hydrogen-bond donors (Lipinski definition) is 1. The Hall–Kier alpha value is -2.47. The van der Waals surface area contributed by atoms with Gasteiger partial charge in [0.2, 0.25) is 0 Å². The maximum atomic E-state index is 10.2. The van der Waals surface area contributed by atoms with Crippen molar-refractivity contribution in [2.24, 2.45) is 0 Å². The Morgan fingerprint density at radius 3 is 2.57 bits per heavy atom. The fraction of sp³-hybridized carbons (Fsp3) is 0.176. The highest BCUT2D eigenvalue weighted by atomic mass is 32.2. The molecule has 2 aromatic carbocycles. The van der Waals surface area contributed by atoms with Gasteiger partial charge in [0.25, 0.3) is 0 Å². The fourth-order valence-electron chi connectivity index (χ4n) is 2.36. The quantitative estimate of drug-likeness (QED) is 0.723. The third kappa shape index (κ3) is 2.90. The van der Waals surface area contributed by atoms with E-state index in [-0.39, 0.29) is 5.75 Å². The summed E-state index contributed by atoms with van der Waals surface area (Å²) >= 11 is 1.59. The van der Waals surface area contributed by atoms with Gasteiger partial charge in [0, 0.05) is 0 Å². The molecule has 1 N–H and O–H groups in total. The van der Waals surface area contributed by atoms with Gasteiger partial charge in [0.05, 0.1) is 18.4 Å². The third-order valence-corrected chi connectivity index (χ3v) is 4.19. The molecule has 118 valence electrons. The summed E-state index contributed by atoms with van der Waals surface area (Å²) in [6, 6.07) is 14.8. The number of phenols is 1. The summed E-state index contributed by atoms with van der Waals surface area (Å²) in [7, 11) is 1.63. The van der Waals surface area contributed by atoms with Crippen molar-refractivity contribution in [2.75, 3.05) is 12.9 Å². The molecule has 0 bridgehead atoms. The molecule has 6 heteroatoms. The van der Waals surface area contributed by atoms with Crippen LogP contribution in [0.4, 0.5) is 0 Å². The first-order valence-corrected chi connectivity index (χ1v) is 8.24. The lowest BCUT2D eigenvalue weighted by atomic mass is 10.2. The summed E-state index contributed by atoms with van der Waals surface area (Å²) in [6.07, 6.45) is 0. The van der Waals surface area contributed by atoms with Crippen LogP contribution in [0, 0.1) is 0 Å². The van der Waals surface area contributed by atoms with E-state index in [0.717, 1.165) is 22.3 Å². The Bertz CT molecular complexity index is 817. The summed E-state index contributed by atoms with van der Waals surface area (Å²) < 4.78 is 7.39. The molecule has 0 amide bonds. The van der Waals surface area contributed by atoms with Crippen LogP contribution in [0.3, 0.4) is 0 Å². The van der Waals surface area contributed by atoms with Crippen LogP contribution >= 0.6 is 11.8 Å². The molecule has 3 rings (SSSR count). The Morgan fingerprint density at radius 2 is 1.83 bits per heavy atom. The lowest BCUT2D eigenvalue weighted by molar-refractivity contribution is 0.412. The molecule has 0 saturated heterocycles. The minimum absolute atomic E-state index is 0.170. The molecule has 0 saturated carbocycles. The molecule has 0 radical (unpaired) electrons. The molecule has 0 fully saturated rings. The normalized spacial score (nSPS) is 10.7. The number of rotatable bonds is 5. The van der Waals surface area contributed by atoms with E-state index in [1.54, 1.807) is 31.0 Å². The van der Waals surface area contributed by atoms with Crippen molar-refractivity contribution in [2.45, 2.75) is 12.1 Å². The van der Waals surface area contributed by atoms with Gasteiger partial charge in [-0.15, -0.1) is 10.2 Å². The lowest BCUT2D eigenvalue weighted by Crippen LogP contribution is -2.02. The topological polar surface area (TPSA) is 60.2 Å². The van der Waals surface area contributed by atoms with Crippen molar-refractivity contribution in [1.82, 2.24) is 14.8 Å². The van der Waals surface area contributed by atoms with Gasteiger partial charge in [-0.25, -0.2) is 0 Å². The predicted molar refractivity (Wildman–Crippen MR) is 91.4 cm³/mol. The molecule has 0 aliphatic heterocycles. The largest absolute Gasteiger partial charge is 0.507 e. The SMILES string of the molecule is CCSc1nnc(-c2ccccc2O)n1-c1ccccc1OC. The van der Waals surface area contributed by atoms with Crippen molar-refractivity contribution < 1.29 is 9.84 Å². The summed E-state index contributed by atoms with van der Waals surface area (Å²) in [4.78, 5) is 0. The molecule has 23 heavy (non-hydrogen) atoms. The second kappa shape index (κ2) is 6.75. The zero-order chi connectivity index (χ0) is 16.2. The average Bonchev–Trinajstić information content (AvgIpc) is 2.99. The first-order chi connectivity index (χ1) is 11.3. The van der Waals surface area contributed by atoms with Gasteiger partial charge in [-0.1, -0.05) is 43.0 Å². The van der Waals surface area contributed by atoms with Gasteiger partial charge < -0.3 is 9.84 Å². The second-order valence-corrected chi connectivity index (χ2v) is 5.99. The third-order valence-electron chi connectivity index (χ3n) is 3.38. The molecule has 1 aromatic heterocycles. The Balaban J connectivity index is 2.25. The number of benzene rings is 2. The molecule has 0 atom stereocenters. The van der Waals surface area contributed by atoms with Crippen LogP contribution in [0.5, 0.6) is 11.5 Å². The van der Waals surface area contributed by atoms with Crippen LogP contribution < -0.4 is 4.74 Å². The van der Waals surface area contributed by atoms with Crippen molar-refractivity contribution in [3.05, 3.63) is 48.5 Å². The van der Waals surface area contributed by atoms with Crippen molar-refractivity contribution in [3.63, 3.8) is 0 Å². The number of methoxy groups -OCH3 is 1. The smallest absolute Gasteiger partial charge is 0.196 e. The van der Waals surface area contributed by atoms with Gasteiger partial charge in [0.15, 0.2) is 11.0 Å². The molecule has 3 aromatic rings. The number of hydrogen-bond acceptors (Lipinski definition) is 5. The lowest BCUT2D eigenvalue weighted by Gasteiger charge is -2.14. The zero-order valence-corrected chi connectivity index (χ0v) is 13.7. The number of phenolic OH excluding ortho intramolecular Hbond substituents is 1. The molecule has 0 spiro atoms. The number of ether oxygens (including phenoxy) is 1. The van der Waals surface area contributed by atoms with Crippen molar-refractivity contribution in [3.8, 4) is 28.6 Å². The second-order valence-electron chi connectivity index (χ2n) is 4.76. The highest BCUT2D eigenvalue weighted by Gasteiger charge is 2.20. The zero-order valence-electron chi connectivity index (χ0n) is 12.9. The molecule has 0 aliphatic carbocycles. The number of aromatic hydroxyl groups is 1. The Labute approximate surface area is 138 Å². The van der Waals surface area contributed by atoms with Gasteiger partial charge in [-0.05, 0) is 30.0 Å². The first-order valence-electron chi connectivity index (χ1n) is 7.26. The van der Waals surface area contributed by atoms with E-state index in [2.05, 4.69) is 17.1 Å². The maximum Gasteiger partial charge on any atom is 0.196 e. The van der Waals surface area contributed by atoms with E-state index >= 15 is 0 Å². The number of aromatic nitrogens is 3. The van der Waals surface area contributed by atoms with E-state index in [9.17, 15) is 5.11 Å². The fourth-order valence-corrected chi connectivity index (χ4v) is 3.03. The molecule has 0 unspecified atom stereocenters. The standard InChI is InChI=1S/C17H17N3O2S/c1-3-23-17-19-18-16(12-8-4-6-10-14(12)21)20(17)13-9-5-7-11-15(13)22-2/h4-11,21H,3H2,1-2H3. The Morgan fingerprint density at radius 1 is 1.09 bits per heavy atom. The van der Waals surface area contributed by atoms with E-state index in [1.165, 1.54) is 0 Å². The maximum absolute atomic E-state index is 10.2. The van der Waals surface area contributed by atoms with E-state index in [1.807, 2.05) is 41.0 Å². The molecular formula is C17H17N3O2S. The van der Waals surface area contributed by atoms with Crippen molar-refractivity contribution in [1.29, 1.82) is 0 Å². The van der Waals surface area contributed by atoms with Crippen LogP contribution in [0.1, 0.15) is 6.92 Å². The molecular weight excluding hydrogens is 310 g/mol. The summed E-state index contributed by atoms with van der Waals surface area (Å²) in [6.45, 7) is 2.06. The summed E-state index contributed by atoms with van der Waals surface area (Å²) in [5.41, 5.74) is 1.48. The number of nitrogens with zero attached hydrogens (tertiary/aromatic N) is 3. The highest BCUT2D eigenvalue weighted by Crippen LogP contribution is 2.35. The minimum Gasteiger partial charge on any atom is -0.507 e.